The summed E-state index contributed by atoms with van der Waals surface area (Å²) >= 11 is 0. The molecule has 1 aromatic heterocycles. The number of benzene rings is 3. The van der Waals surface area contributed by atoms with E-state index in [4.69, 9.17) is 9.47 Å². The van der Waals surface area contributed by atoms with Crippen LogP contribution in [0, 0.1) is 0 Å². The molecule has 0 amide bonds. The fraction of sp³-hybridized carbons (Fsp3) is 0.281. The van der Waals surface area contributed by atoms with Crippen molar-refractivity contribution in [2.45, 2.75) is 25.8 Å². The SMILES string of the molecule is c1ccc(CCCN2CCOCCOc3ccc(Nc4ccccn4)cc3Cc3cccc(c3)C2)cc1. The van der Waals surface area contributed by atoms with E-state index in [-0.39, 0.29) is 0 Å². The van der Waals surface area contributed by atoms with Gasteiger partial charge in [0, 0.05) is 37.0 Å². The highest BCUT2D eigenvalue weighted by Gasteiger charge is 2.12. The minimum atomic E-state index is 0.536. The van der Waals surface area contributed by atoms with E-state index in [1.807, 2.05) is 30.3 Å². The van der Waals surface area contributed by atoms with Gasteiger partial charge >= 0.3 is 0 Å². The molecule has 0 aliphatic carbocycles. The maximum Gasteiger partial charge on any atom is 0.130 e. The van der Waals surface area contributed by atoms with Crippen LogP contribution in [-0.4, -0.2) is 42.8 Å². The van der Waals surface area contributed by atoms with Gasteiger partial charge in [0.25, 0.3) is 0 Å². The Balaban J connectivity index is 1.31. The highest BCUT2D eigenvalue weighted by Crippen LogP contribution is 2.27. The van der Waals surface area contributed by atoms with Gasteiger partial charge in [-0.1, -0.05) is 60.7 Å². The molecule has 0 spiro atoms. The van der Waals surface area contributed by atoms with Crippen molar-refractivity contribution in [2.75, 3.05) is 38.2 Å². The Labute approximate surface area is 220 Å². The average Bonchev–Trinajstić information content (AvgIpc) is 2.92. The van der Waals surface area contributed by atoms with Crippen molar-refractivity contribution >= 4 is 11.5 Å². The van der Waals surface area contributed by atoms with Gasteiger partial charge in [-0.15, -0.1) is 0 Å². The molecule has 0 atom stereocenters. The number of nitrogens with zero attached hydrogens (tertiary/aromatic N) is 2. The van der Waals surface area contributed by atoms with E-state index in [1.165, 1.54) is 16.7 Å². The van der Waals surface area contributed by atoms with Gasteiger partial charge in [0.05, 0.1) is 13.2 Å². The fourth-order valence-corrected chi connectivity index (χ4v) is 4.76. The zero-order valence-electron chi connectivity index (χ0n) is 21.3. The quantitative estimate of drug-likeness (QED) is 0.344. The molecule has 1 N–H and O–H groups in total. The average molecular weight is 494 g/mol. The number of anilines is 2. The Hall–Kier alpha value is -3.67. The number of ether oxygens (including phenoxy) is 2. The topological polar surface area (TPSA) is 46.6 Å². The Morgan fingerprint density at radius 1 is 0.811 bits per heavy atom. The Morgan fingerprint density at radius 3 is 2.59 bits per heavy atom. The third-order valence-corrected chi connectivity index (χ3v) is 6.61. The molecule has 0 saturated carbocycles. The molecular weight excluding hydrogens is 458 g/mol. The zero-order chi connectivity index (χ0) is 25.1. The second kappa shape index (κ2) is 13.0. The summed E-state index contributed by atoms with van der Waals surface area (Å²) < 4.78 is 12.1. The van der Waals surface area contributed by atoms with Crippen molar-refractivity contribution in [3.05, 3.63) is 119 Å². The Kier molecular flexibility index (Phi) is 8.81. The molecule has 4 aromatic rings. The normalized spacial score (nSPS) is 14.7. The lowest BCUT2D eigenvalue weighted by Gasteiger charge is -2.23. The Morgan fingerprint density at radius 2 is 1.70 bits per heavy atom. The number of nitrogens with one attached hydrogen (secondary N) is 1. The highest BCUT2D eigenvalue weighted by molar-refractivity contribution is 5.59. The van der Waals surface area contributed by atoms with E-state index in [1.54, 1.807) is 6.20 Å². The van der Waals surface area contributed by atoms with E-state index in [0.29, 0.717) is 19.8 Å². The molecule has 5 heteroatoms. The van der Waals surface area contributed by atoms with Gasteiger partial charge in [-0.05, 0) is 66.4 Å². The number of hydrogen-bond acceptors (Lipinski definition) is 5. The zero-order valence-corrected chi connectivity index (χ0v) is 21.3. The standard InChI is InChI=1S/C32H35N3O2/c1-2-8-26(9-3-1)12-7-17-35-18-19-36-20-21-37-31-15-14-30(34-32-13-4-5-16-33-32)24-29(31)23-27-10-6-11-28(22-27)25-35/h1-6,8-11,13-16,22,24H,7,12,17-21,23,25H2,(H,33,34). The molecule has 2 bridgehead atoms. The van der Waals surface area contributed by atoms with E-state index >= 15 is 0 Å². The molecule has 5 nitrogen and oxygen atoms in total. The second-order valence-electron chi connectivity index (χ2n) is 9.49. The van der Waals surface area contributed by atoms with Crippen LogP contribution < -0.4 is 10.1 Å². The summed E-state index contributed by atoms with van der Waals surface area (Å²) in [4.78, 5) is 6.90. The lowest BCUT2D eigenvalue weighted by atomic mass is 10.0. The van der Waals surface area contributed by atoms with Crippen molar-refractivity contribution in [1.29, 1.82) is 0 Å². The molecule has 190 valence electrons. The molecule has 0 unspecified atom stereocenters. The van der Waals surface area contributed by atoms with E-state index in [9.17, 15) is 0 Å². The second-order valence-corrected chi connectivity index (χ2v) is 9.49. The molecule has 5 rings (SSSR count). The minimum Gasteiger partial charge on any atom is -0.491 e. The summed E-state index contributed by atoms with van der Waals surface area (Å²) in [5, 5.41) is 3.40. The molecule has 0 fully saturated rings. The van der Waals surface area contributed by atoms with Crippen LogP contribution in [0.15, 0.2) is 97.2 Å². The first-order valence-electron chi connectivity index (χ1n) is 13.2. The summed E-state index contributed by atoms with van der Waals surface area (Å²) in [5.74, 6) is 1.73. The minimum absolute atomic E-state index is 0.536. The largest absolute Gasteiger partial charge is 0.491 e. The molecule has 37 heavy (non-hydrogen) atoms. The lowest BCUT2D eigenvalue weighted by molar-refractivity contribution is 0.0773. The van der Waals surface area contributed by atoms with E-state index in [0.717, 1.165) is 61.7 Å². The Bertz CT molecular complexity index is 1250. The molecule has 0 saturated heterocycles. The fourth-order valence-electron chi connectivity index (χ4n) is 4.76. The van der Waals surface area contributed by atoms with Crippen molar-refractivity contribution in [3.8, 4) is 5.75 Å². The van der Waals surface area contributed by atoms with Crippen molar-refractivity contribution in [3.63, 3.8) is 0 Å². The molecule has 3 aromatic carbocycles. The predicted molar refractivity (Wildman–Crippen MR) is 150 cm³/mol. The summed E-state index contributed by atoms with van der Waals surface area (Å²) in [7, 11) is 0. The van der Waals surface area contributed by atoms with Gasteiger partial charge < -0.3 is 14.8 Å². The third-order valence-electron chi connectivity index (χ3n) is 6.61. The molecule has 0 radical (unpaired) electrons. The van der Waals surface area contributed by atoms with Crippen LogP contribution in [0.4, 0.5) is 11.5 Å². The monoisotopic (exact) mass is 493 g/mol. The van der Waals surface area contributed by atoms with Crippen LogP contribution in [0.1, 0.15) is 28.7 Å². The van der Waals surface area contributed by atoms with Gasteiger partial charge in [-0.25, -0.2) is 4.98 Å². The van der Waals surface area contributed by atoms with Crippen molar-refractivity contribution in [1.82, 2.24) is 9.88 Å². The number of rotatable bonds is 6. The third kappa shape index (κ3) is 7.66. The number of aromatic nitrogens is 1. The highest BCUT2D eigenvalue weighted by atomic mass is 16.5. The summed E-state index contributed by atoms with van der Waals surface area (Å²) in [5.41, 5.74) is 6.17. The van der Waals surface area contributed by atoms with Crippen LogP contribution in [-0.2, 0) is 24.1 Å². The maximum absolute atomic E-state index is 6.17. The molecule has 1 aliphatic heterocycles. The van der Waals surface area contributed by atoms with Gasteiger partial charge in [0.1, 0.15) is 18.2 Å². The van der Waals surface area contributed by atoms with Gasteiger partial charge in [-0.2, -0.15) is 0 Å². The van der Waals surface area contributed by atoms with Crippen LogP contribution in [0.5, 0.6) is 5.75 Å². The summed E-state index contributed by atoms with van der Waals surface area (Å²) in [6.07, 6.45) is 4.82. The number of hydrogen-bond donors (Lipinski definition) is 1. The molecule has 2 heterocycles. The predicted octanol–water partition coefficient (Wildman–Crippen LogP) is 6.26. The van der Waals surface area contributed by atoms with Gasteiger partial charge in [0.2, 0.25) is 0 Å². The molecular formula is C32H35N3O2. The molecule has 1 aliphatic rings. The summed E-state index contributed by atoms with van der Waals surface area (Å²) in [6.45, 7) is 4.71. The smallest absolute Gasteiger partial charge is 0.130 e. The number of aryl methyl sites for hydroxylation is 1. The first-order chi connectivity index (χ1) is 18.3. The van der Waals surface area contributed by atoms with Crippen LogP contribution in [0.2, 0.25) is 0 Å². The van der Waals surface area contributed by atoms with Gasteiger partial charge in [0.15, 0.2) is 0 Å². The number of pyridine rings is 1. The lowest BCUT2D eigenvalue weighted by Crippen LogP contribution is -2.29. The van der Waals surface area contributed by atoms with Crippen molar-refractivity contribution < 1.29 is 9.47 Å². The first-order valence-corrected chi connectivity index (χ1v) is 13.2. The van der Waals surface area contributed by atoms with E-state index < -0.39 is 0 Å². The van der Waals surface area contributed by atoms with Crippen LogP contribution in [0.25, 0.3) is 0 Å². The van der Waals surface area contributed by atoms with Crippen molar-refractivity contribution in [2.24, 2.45) is 0 Å². The maximum atomic E-state index is 6.17. The summed E-state index contributed by atoms with van der Waals surface area (Å²) in [6, 6.07) is 31.8. The van der Waals surface area contributed by atoms with E-state index in [2.05, 4.69) is 75.9 Å². The van der Waals surface area contributed by atoms with Crippen LogP contribution >= 0.6 is 0 Å². The number of fused-ring (bicyclic) bond motifs is 3. The first kappa shape index (κ1) is 25.0. The van der Waals surface area contributed by atoms with Gasteiger partial charge in [-0.3, -0.25) is 4.90 Å². The van der Waals surface area contributed by atoms with Crippen LogP contribution in [0.3, 0.4) is 0 Å².